The molecule has 1 aromatic carbocycles. The third kappa shape index (κ3) is 3.66. The van der Waals surface area contributed by atoms with Crippen molar-refractivity contribution in [2.75, 3.05) is 26.7 Å². The number of rotatable bonds is 5. The molecule has 0 spiro atoms. The highest BCUT2D eigenvalue weighted by molar-refractivity contribution is 5.79. The van der Waals surface area contributed by atoms with Gasteiger partial charge in [-0.15, -0.1) is 0 Å². The van der Waals surface area contributed by atoms with Gasteiger partial charge < -0.3 is 17.0 Å². The first-order chi connectivity index (χ1) is 8.24. The maximum Gasteiger partial charge on any atom is 0.202 e. The van der Waals surface area contributed by atoms with Crippen LogP contribution in [0.15, 0.2) is 35.3 Å². The molecule has 1 atom stereocenters. The normalized spacial score (nSPS) is 22.4. The quantitative estimate of drug-likeness (QED) is 0.673. The number of benzene rings is 1. The number of amidine groups is 1. The molecular weight excluding hydrogens is 288 g/mol. The maximum atomic E-state index is 4.73. The third-order valence-electron chi connectivity index (χ3n) is 3.72. The van der Waals surface area contributed by atoms with Gasteiger partial charge >= 0.3 is 0 Å². The summed E-state index contributed by atoms with van der Waals surface area (Å²) in [6, 6.07) is 10.7. The van der Waals surface area contributed by atoms with Crippen LogP contribution in [0.1, 0.15) is 25.3 Å². The van der Waals surface area contributed by atoms with Crippen LogP contribution < -0.4 is 17.0 Å². The highest BCUT2D eigenvalue weighted by Crippen LogP contribution is 2.17. The number of nitrogens with zero attached hydrogens (tertiary/aromatic N) is 2. The Labute approximate surface area is 121 Å². The average molecular weight is 311 g/mol. The van der Waals surface area contributed by atoms with E-state index < -0.39 is 0 Å². The maximum absolute atomic E-state index is 4.73. The number of aliphatic imine (C=N–C) groups is 1. The lowest BCUT2D eigenvalue weighted by atomic mass is 10.1. The fraction of sp³-hybridized carbons (Fsp3) is 0.533. The van der Waals surface area contributed by atoms with E-state index in [2.05, 4.69) is 44.3 Å². The van der Waals surface area contributed by atoms with Crippen molar-refractivity contribution in [2.45, 2.75) is 26.2 Å². The Kier molecular flexibility index (Phi) is 6.03. The topological polar surface area (TPSA) is 12.4 Å². The van der Waals surface area contributed by atoms with Crippen molar-refractivity contribution in [3.8, 4) is 0 Å². The molecule has 1 aliphatic heterocycles. The third-order valence-corrected chi connectivity index (χ3v) is 3.72. The van der Waals surface area contributed by atoms with Gasteiger partial charge in [0.2, 0.25) is 5.84 Å². The van der Waals surface area contributed by atoms with Crippen molar-refractivity contribution < 1.29 is 21.5 Å². The molecular formula is C15H23BrN2. The summed E-state index contributed by atoms with van der Waals surface area (Å²) in [4.78, 5) is 4.73. The van der Waals surface area contributed by atoms with Crippen LogP contribution >= 0.6 is 0 Å². The Balaban J connectivity index is 0.00000162. The lowest BCUT2D eigenvalue weighted by Gasteiger charge is -2.30. The highest BCUT2D eigenvalue weighted by atomic mass is 79.9. The molecule has 0 bridgehead atoms. The van der Waals surface area contributed by atoms with Gasteiger partial charge in [0.25, 0.3) is 0 Å². The summed E-state index contributed by atoms with van der Waals surface area (Å²) in [5.74, 6) is 1.37. The standard InChI is InChI=1S/C15H23N2.BrH/c1-3-4-11-17(2)12-10-16-15(17)13-14-8-6-5-7-9-14;/h5-9H,3-4,10-13H2,1-2H3;1H/q+1;/p-1. The van der Waals surface area contributed by atoms with Crippen LogP contribution in [-0.2, 0) is 6.42 Å². The summed E-state index contributed by atoms with van der Waals surface area (Å²) in [5, 5.41) is 0. The molecule has 3 heteroatoms. The van der Waals surface area contributed by atoms with Gasteiger partial charge in [0.05, 0.1) is 26.6 Å². The Hall–Kier alpha value is -0.670. The van der Waals surface area contributed by atoms with Gasteiger partial charge in [0, 0.05) is 0 Å². The van der Waals surface area contributed by atoms with Gasteiger partial charge in [-0.05, 0) is 12.0 Å². The van der Waals surface area contributed by atoms with Crippen LogP contribution in [0.25, 0.3) is 0 Å². The molecule has 0 fully saturated rings. The second kappa shape index (κ2) is 7.05. The number of unbranched alkanes of at least 4 members (excludes halogenated alkanes) is 1. The number of hydrogen-bond acceptors (Lipinski definition) is 1. The molecule has 0 saturated carbocycles. The van der Waals surface area contributed by atoms with E-state index >= 15 is 0 Å². The van der Waals surface area contributed by atoms with Crippen LogP contribution in [0.4, 0.5) is 0 Å². The molecule has 0 aromatic heterocycles. The van der Waals surface area contributed by atoms with E-state index in [1.165, 1.54) is 37.3 Å². The monoisotopic (exact) mass is 310 g/mol. The van der Waals surface area contributed by atoms with E-state index in [0.29, 0.717) is 0 Å². The fourth-order valence-corrected chi connectivity index (χ4v) is 2.47. The molecule has 0 saturated heterocycles. The zero-order chi connectivity index (χ0) is 12.1. The summed E-state index contributed by atoms with van der Waals surface area (Å²) >= 11 is 0. The number of hydrogen-bond donors (Lipinski definition) is 0. The van der Waals surface area contributed by atoms with Crippen molar-refractivity contribution in [1.29, 1.82) is 0 Å². The lowest BCUT2D eigenvalue weighted by Crippen LogP contribution is -3.00. The Morgan fingerprint density at radius 1 is 1.22 bits per heavy atom. The predicted octanol–water partition coefficient (Wildman–Crippen LogP) is -0.108. The van der Waals surface area contributed by atoms with Gasteiger partial charge in [0.1, 0.15) is 6.54 Å². The van der Waals surface area contributed by atoms with E-state index in [4.69, 9.17) is 4.99 Å². The number of likely N-dealkylation sites (N-methyl/N-ethyl adjacent to an activating group) is 1. The fourth-order valence-electron chi connectivity index (χ4n) is 2.47. The van der Waals surface area contributed by atoms with E-state index in [1.807, 2.05) is 0 Å². The summed E-state index contributed by atoms with van der Waals surface area (Å²) in [6.45, 7) is 5.68. The molecule has 1 aromatic rings. The summed E-state index contributed by atoms with van der Waals surface area (Å²) < 4.78 is 1.06. The van der Waals surface area contributed by atoms with E-state index in [0.717, 1.165) is 17.4 Å². The second-order valence-corrected chi connectivity index (χ2v) is 5.16. The van der Waals surface area contributed by atoms with Crippen LogP contribution in [0.2, 0.25) is 0 Å². The molecule has 0 N–H and O–H groups in total. The first-order valence-corrected chi connectivity index (χ1v) is 6.67. The van der Waals surface area contributed by atoms with Crippen LogP contribution in [-0.4, -0.2) is 37.0 Å². The highest BCUT2D eigenvalue weighted by Gasteiger charge is 2.32. The minimum Gasteiger partial charge on any atom is -1.00 e. The molecule has 1 heterocycles. The average Bonchev–Trinajstić information content (AvgIpc) is 2.70. The molecule has 2 rings (SSSR count). The van der Waals surface area contributed by atoms with Gasteiger partial charge in [-0.25, -0.2) is 4.99 Å². The van der Waals surface area contributed by atoms with Gasteiger partial charge in [-0.1, -0.05) is 43.7 Å². The largest absolute Gasteiger partial charge is 1.00 e. The Bertz CT molecular complexity index is 389. The zero-order valence-corrected chi connectivity index (χ0v) is 13.0. The van der Waals surface area contributed by atoms with Crippen molar-refractivity contribution in [1.82, 2.24) is 0 Å². The van der Waals surface area contributed by atoms with E-state index in [9.17, 15) is 0 Å². The Morgan fingerprint density at radius 2 is 1.94 bits per heavy atom. The van der Waals surface area contributed by atoms with Gasteiger partial charge in [-0.3, -0.25) is 4.48 Å². The molecule has 2 nitrogen and oxygen atoms in total. The first-order valence-electron chi connectivity index (χ1n) is 6.67. The minimum atomic E-state index is 0. The lowest BCUT2D eigenvalue weighted by molar-refractivity contribution is -0.815. The second-order valence-electron chi connectivity index (χ2n) is 5.16. The first kappa shape index (κ1) is 15.4. The molecule has 100 valence electrons. The van der Waals surface area contributed by atoms with Crippen molar-refractivity contribution in [3.05, 3.63) is 35.9 Å². The number of quaternary nitrogens is 1. The molecule has 0 amide bonds. The van der Waals surface area contributed by atoms with Crippen LogP contribution in [0.3, 0.4) is 0 Å². The van der Waals surface area contributed by atoms with Gasteiger partial charge in [-0.2, -0.15) is 0 Å². The van der Waals surface area contributed by atoms with Crippen LogP contribution in [0, 0.1) is 0 Å². The molecule has 1 unspecified atom stereocenters. The van der Waals surface area contributed by atoms with Crippen molar-refractivity contribution in [2.24, 2.45) is 4.99 Å². The minimum absolute atomic E-state index is 0. The molecule has 0 radical (unpaired) electrons. The van der Waals surface area contributed by atoms with Crippen molar-refractivity contribution >= 4 is 5.84 Å². The zero-order valence-electron chi connectivity index (χ0n) is 11.4. The summed E-state index contributed by atoms with van der Waals surface area (Å²) in [6.07, 6.45) is 3.58. The molecule has 0 aliphatic carbocycles. The van der Waals surface area contributed by atoms with Crippen molar-refractivity contribution in [3.63, 3.8) is 0 Å². The SMILES string of the molecule is CCCC[N+]1(C)CCN=C1Cc1ccccc1.[Br-]. The van der Waals surface area contributed by atoms with E-state index in [-0.39, 0.29) is 17.0 Å². The summed E-state index contributed by atoms with van der Waals surface area (Å²) in [5.41, 5.74) is 1.38. The predicted molar refractivity (Wildman–Crippen MR) is 73.3 cm³/mol. The van der Waals surface area contributed by atoms with Gasteiger partial charge in [0.15, 0.2) is 0 Å². The number of halogens is 1. The Morgan fingerprint density at radius 3 is 2.61 bits per heavy atom. The smallest absolute Gasteiger partial charge is 0.202 e. The molecule has 1 aliphatic rings. The van der Waals surface area contributed by atoms with E-state index in [1.54, 1.807) is 0 Å². The van der Waals surface area contributed by atoms with Crippen LogP contribution in [0.5, 0.6) is 0 Å². The molecule has 18 heavy (non-hydrogen) atoms. The summed E-state index contributed by atoms with van der Waals surface area (Å²) in [7, 11) is 2.34.